The van der Waals surface area contributed by atoms with Crippen molar-refractivity contribution >= 4 is 21.4 Å². The van der Waals surface area contributed by atoms with Crippen LogP contribution in [0.4, 0.5) is 0 Å². The van der Waals surface area contributed by atoms with Crippen molar-refractivity contribution in [1.82, 2.24) is 4.90 Å². The number of nitrogens with zero attached hydrogens (tertiary/aromatic N) is 1. The summed E-state index contributed by atoms with van der Waals surface area (Å²) in [5.74, 6) is 0.686. The van der Waals surface area contributed by atoms with Crippen LogP contribution < -0.4 is 5.73 Å². The van der Waals surface area contributed by atoms with Gasteiger partial charge in [-0.25, -0.2) is 0 Å². The molecule has 0 radical (unpaired) electrons. The van der Waals surface area contributed by atoms with Crippen molar-refractivity contribution in [1.29, 1.82) is 0 Å². The standard InChI is InChI=1S/C16H22N2OS/c1-19-11-12-6-7-18(9-12)10-14-13-4-2-3-5-15(13)20-16(14)8-17/h2-5,12H,6-11,17H2,1H3. The maximum absolute atomic E-state index is 5.94. The number of nitrogens with two attached hydrogens (primary N) is 1. The number of hydrogen-bond acceptors (Lipinski definition) is 4. The Morgan fingerprint density at radius 1 is 1.40 bits per heavy atom. The Morgan fingerprint density at radius 3 is 3.05 bits per heavy atom. The van der Waals surface area contributed by atoms with Crippen LogP contribution in [0.3, 0.4) is 0 Å². The van der Waals surface area contributed by atoms with E-state index in [2.05, 4.69) is 29.2 Å². The van der Waals surface area contributed by atoms with Crippen molar-refractivity contribution in [3.05, 3.63) is 34.7 Å². The number of rotatable bonds is 5. The van der Waals surface area contributed by atoms with Crippen molar-refractivity contribution < 1.29 is 4.74 Å². The van der Waals surface area contributed by atoms with Crippen LogP contribution in [0.5, 0.6) is 0 Å². The highest BCUT2D eigenvalue weighted by molar-refractivity contribution is 7.19. The topological polar surface area (TPSA) is 38.5 Å². The predicted octanol–water partition coefficient (Wildman–Crippen LogP) is 2.83. The summed E-state index contributed by atoms with van der Waals surface area (Å²) >= 11 is 1.84. The van der Waals surface area contributed by atoms with Gasteiger partial charge in [-0.3, -0.25) is 4.90 Å². The second kappa shape index (κ2) is 6.22. The van der Waals surface area contributed by atoms with Crippen molar-refractivity contribution in [2.75, 3.05) is 26.8 Å². The molecule has 0 aliphatic carbocycles. The highest BCUT2D eigenvalue weighted by Gasteiger charge is 2.24. The molecular weight excluding hydrogens is 268 g/mol. The molecule has 1 saturated heterocycles. The molecular formula is C16H22N2OS. The molecule has 1 unspecified atom stereocenters. The van der Waals surface area contributed by atoms with E-state index in [1.807, 2.05) is 11.3 Å². The average molecular weight is 290 g/mol. The van der Waals surface area contributed by atoms with Gasteiger partial charge in [-0.15, -0.1) is 11.3 Å². The lowest BCUT2D eigenvalue weighted by molar-refractivity contribution is 0.152. The van der Waals surface area contributed by atoms with Crippen LogP contribution in [0, 0.1) is 5.92 Å². The Balaban J connectivity index is 1.80. The summed E-state index contributed by atoms with van der Waals surface area (Å²) in [5.41, 5.74) is 7.37. The third kappa shape index (κ3) is 2.74. The number of ether oxygens (including phenoxy) is 1. The van der Waals surface area contributed by atoms with E-state index in [1.165, 1.54) is 33.5 Å². The fraction of sp³-hybridized carbons (Fsp3) is 0.500. The number of benzene rings is 1. The fourth-order valence-electron chi connectivity index (χ4n) is 3.14. The smallest absolute Gasteiger partial charge is 0.0503 e. The van der Waals surface area contributed by atoms with Gasteiger partial charge in [-0.05, 0) is 35.9 Å². The van der Waals surface area contributed by atoms with Crippen LogP contribution in [-0.4, -0.2) is 31.7 Å². The molecule has 1 aromatic carbocycles. The maximum Gasteiger partial charge on any atom is 0.0503 e. The monoisotopic (exact) mass is 290 g/mol. The number of fused-ring (bicyclic) bond motifs is 1. The van der Waals surface area contributed by atoms with Gasteiger partial charge < -0.3 is 10.5 Å². The van der Waals surface area contributed by atoms with Gasteiger partial charge in [0.15, 0.2) is 0 Å². The fourth-order valence-corrected chi connectivity index (χ4v) is 4.23. The van der Waals surface area contributed by atoms with Gasteiger partial charge in [0, 0.05) is 36.3 Å². The summed E-state index contributed by atoms with van der Waals surface area (Å²) < 4.78 is 6.64. The van der Waals surface area contributed by atoms with E-state index in [9.17, 15) is 0 Å². The van der Waals surface area contributed by atoms with Gasteiger partial charge in [-0.1, -0.05) is 18.2 Å². The van der Waals surface area contributed by atoms with Crippen LogP contribution in [0.1, 0.15) is 16.9 Å². The quantitative estimate of drug-likeness (QED) is 0.920. The third-order valence-corrected chi connectivity index (χ3v) is 5.36. The first-order valence-corrected chi connectivity index (χ1v) is 8.04. The molecule has 0 amide bonds. The van der Waals surface area contributed by atoms with E-state index in [0.717, 1.165) is 19.7 Å². The van der Waals surface area contributed by atoms with E-state index < -0.39 is 0 Å². The molecule has 0 spiro atoms. The lowest BCUT2D eigenvalue weighted by Crippen LogP contribution is -2.22. The minimum Gasteiger partial charge on any atom is -0.384 e. The summed E-state index contributed by atoms with van der Waals surface area (Å²) in [5, 5.41) is 1.38. The van der Waals surface area contributed by atoms with Gasteiger partial charge in [0.1, 0.15) is 0 Å². The van der Waals surface area contributed by atoms with Crippen molar-refractivity contribution in [2.24, 2.45) is 11.7 Å². The predicted molar refractivity (Wildman–Crippen MR) is 85.0 cm³/mol. The maximum atomic E-state index is 5.94. The molecule has 1 aliphatic heterocycles. The zero-order chi connectivity index (χ0) is 13.9. The Kier molecular flexibility index (Phi) is 4.36. The molecule has 1 atom stereocenters. The van der Waals surface area contributed by atoms with E-state index in [4.69, 9.17) is 10.5 Å². The molecule has 2 N–H and O–H groups in total. The Bertz CT molecular complexity index is 581. The van der Waals surface area contributed by atoms with Gasteiger partial charge in [0.2, 0.25) is 0 Å². The van der Waals surface area contributed by atoms with Crippen LogP contribution in [0.2, 0.25) is 0 Å². The van der Waals surface area contributed by atoms with E-state index in [1.54, 1.807) is 7.11 Å². The molecule has 1 aromatic heterocycles. The lowest BCUT2D eigenvalue weighted by Gasteiger charge is -2.16. The van der Waals surface area contributed by atoms with Crippen LogP contribution >= 0.6 is 11.3 Å². The molecule has 4 heteroatoms. The zero-order valence-electron chi connectivity index (χ0n) is 12.0. The first kappa shape index (κ1) is 14.0. The van der Waals surface area contributed by atoms with E-state index in [-0.39, 0.29) is 0 Å². The number of likely N-dealkylation sites (tertiary alicyclic amines) is 1. The highest BCUT2D eigenvalue weighted by atomic mass is 32.1. The van der Waals surface area contributed by atoms with E-state index in [0.29, 0.717) is 12.5 Å². The van der Waals surface area contributed by atoms with Crippen molar-refractivity contribution in [3.8, 4) is 0 Å². The summed E-state index contributed by atoms with van der Waals surface area (Å²) in [7, 11) is 1.79. The van der Waals surface area contributed by atoms with E-state index >= 15 is 0 Å². The molecule has 1 fully saturated rings. The van der Waals surface area contributed by atoms with Crippen LogP contribution in [0.15, 0.2) is 24.3 Å². The second-order valence-corrected chi connectivity index (χ2v) is 6.69. The number of thiophene rings is 1. The lowest BCUT2D eigenvalue weighted by atomic mass is 10.1. The molecule has 0 saturated carbocycles. The minimum absolute atomic E-state index is 0.643. The normalized spacial score (nSPS) is 20.0. The Labute approximate surface area is 124 Å². The largest absolute Gasteiger partial charge is 0.384 e. The Morgan fingerprint density at radius 2 is 2.25 bits per heavy atom. The highest BCUT2D eigenvalue weighted by Crippen LogP contribution is 2.33. The Hall–Kier alpha value is -0.940. The van der Waals surface area contributed by atoms with Gasteiger partial charge >= 0.3 is 0 Å². The molecule has 3 nitrogen and oxygen atoms in total. The minimum atomic E-state index is 0.643. The van der Waals surface area contributed by atoms with Gasteiger partial charge in [0.05, 0.1) is 6.61 Å². The molecule has 0 bridgehead atoms. The summed E-state index contributed by atoms with van der Waals surface area (Å²) in [6.45, 7) is 4.86. The molecule has 20 heavy (non-hydrogen) atoms. The first-order valence-electron chi connectivity index (χ1n) is 7.22. The first-order chi connectivity index (χ1) is 9.81. The molecule has 3 rings (SSSR count). The molecule has 2 heterocycles. The average Bonchev–Trinajstić information content (AvgIpc) is 3.05. The zero-order valence-corrected chi connectivity index (χ0v) is 12.8. The van der Waals surface area contributed by atoms with Gasteiger partial charge in [-0.2, -0.15) is 0 Å². The second-order valence-electron chi connectivity index (χ2n) is 5.55. The number of hydrogen-bond donors (Lipinski definition) is 1. The summed E-state index contributed by atoms with van der Waals surface area (Å²) in [6.07, 6.45) is 1.24. The van der Waals surface area contributed by atoms with Crippen LogP contribution in [0.25, 0.3) is 10.1 Å². The molecule has 1 aliphatic rings. The SMILES string of the molecule is COCC1CCN(Cc2c(CN)sc3ccccc23)C1. The van der Waals surface area contributed by atoms with Crippen LogP contribution in [-0.2, 0) is 17.8 Å². The van der Waals surface area contributed by atoms with Gasteiger partial charge in [0.25, 0.3) is 0 Å². The number of methoxy groups -OCH3 is 1. The van der Waals surface area contributed by atoms with Crippen molar-refractivity contribution in [2.45, 2.75) is 19.5 Å². The summed E-state index contributed by atoms with van der Waals surface area (Å²) in [6, 6.07) is 8.65. The van der Waals surface area contributed by atoms with Crippen molar-refractivity contribution in [3.63, 3.8) is 0 Å². The molecule has 108 valence electrons. The summed E-state index contributed by atoms with van der Waals surface area (Å²) in [4.78, 5) is 3.87. The third-order valence-electron chi connectivity index (χ3n) is 4.12. The molecule has 2 aromatic rings.